The normalized spacial score (nSPS) is 17.3. The highest BCUT2D eigenvalue weighted by atomic mass is 32.2. The van der Waals surface area contributed by atoms with Crippen molar-refractivity contribution in [1.29, 1.82) is 0 Å². The van der Waals surface area contributed by atoms with Crippen LogP contribution in [0.5, 0.6) is 0 Å². The van der Waals surface area contributed by atoms with Gasteiger partial charge in [-0.2, -0.15) is 5.10 Å². The quantitative estimate of drug-likeness (QED) is 0.796. The van der Waals surface area contributed by atoms with E-state index in [2.05, 4.69) is 14.9 Å². The molecule has 1 aliphatic rings. The molecule has 1 aromatic carbocycles. The van der Waals surface area contributed by atoms with Crippen molar-refractivity contribution in [3.8, 4) is 0 Å². The highest BCUT2D eigenvalue weighted by Crippen LogP contribution is 2.20. The number of hydrogen-bond donors (Lipinski definition) is 2. The zero-order valence-electron chi connectivity index (χ0n) is 13.1. The highest BCUT2D eigenvalue weighted by molar-refractivity contribution is 7.89. The Morgan fingerprint density at radius 2 is 2.12 bits per heavy atom. The average Bonchev–Trinajstić information content (AvgIpc) is 2.54. The summed E-state index contributed by atoms with van der Waals surface area (Å²) in [5, 5.41) is 6.38. The molecule has 1 atom stereocenters. The molecule has 0 radical (unpaired) electrons. The van der Waals surface area contributed by atoms with E-state index in [0.717, 1.165) is 11.3 Å². The van der Waals surface area contributed by atoms with Crippen molar-refractivity contribution in [3.05, 3.63) is 57.5 Å². The van der Waals surface area contributed by atoms with E-state index in [1.807, 2.05) is 0 Å². The number of ketones is 1. The van der Waals surface area contributed by atoms with E-state index in [0.29, 0.717) is 24.8 Å². The van der Waals surface area contributed by atoms with E-state index >= 15 is 0 Å². The molecular weight excluding hydrogens is 330 g/mol. The van der Waals surface area contributed by atoms with Gasteiger partial charge >= 0.3 is 0 Å². The van der Waals surface area contributed by atoms with Gasteiger partial charge in [0.1, 0.15) is 0 Å². The predicted octanol–water partition coefficient (Wildman–Crippen LogP) is 0.808. The van der Waals surface area contributed by atoms with Crippen molar-refractivity contribution in [1.82, 2.24) is 14.9 Å². The van der Waals surface area contributed by atoms with E-state index in [1.54, 1.807) is 12.1 Å². The summed E-state index contributed by atoms with van der Waals surface area (Å²) in [5.74, 6) is -0.191. The average molecular weight is 347 g/mol. The molecule has 8 heteroatoms. The Labute approximate surface area is 139 Å². The molecule has 0 saturated carbocycles. The number of nitrogens with zero attached hydrogens (tertiary/aromatic N) is 1. The second kappa shape index (κ2) is 6.29. The first-order valence-corrected chi connectivity index (χ1v) is 9.04. The second-order valence-electron chi connectivity index (χ2n) is 5.85. The van der Waals surface area contributed by atoms with Crippen LogP contribution in [0, 0.1) is 0 Å². The first-order valence-electron chi connectivity index (χ1n) is 7.56. The maximum absolute atomic E-state index is 12.5. The topological polar surface area (TPSA) is 109 Å². The minimum absolute atomic E-state index is 0.0602. The van der Waals surface area contributed by atoms with Gasteiger partial charge in [-0.05, 0) is 43.9 Å². The van der Waals surface area contributed by atoms with Gasteiger partial charge in [0.05, 0.1) is 10.6 Å². The molecule has 7 nitrogen and oxygen atoms in total. The van der Waals surface area contributed by atoms with Crippen molar-refractivity contribution in [2.75, 3.05) is 0 Å². The van der Waals surface area contributed by atoms with Crippen LogP contribution < -0.4 is 10.3 Å². The lowest BCUT2D eigenvalue weighted by atomic mass is 9.93. The molecule has 1 heterocycles. The van der Waals surface area contributed by atoms with Crippen LogP contribution in [0.15, 0.2) is 40.0 Å². The van der Waals surface area contributed by atoms with E-state index in [4.69, 9.17) is 0 Å². The van der Waals surface area contributed by atoms with Crippen molar-refractivity contribution >= 4 is 15.8 Å². The zero-order valence-corrected chi connectivity index (χ0v) is 13.9. The number of aromatic amines is 1. The van der Waals surface area contributed by atoms with Gasteiger partial charge in [0.2, 0.25) is 10.0 Å². The van der Waals surface area contributed by atoms with Crippen LogP contribution in [0.4, 0.5) is 0 Å². The van der Waals surface area contributed by atoms with E-state index < -0.39 is 10.0 Å². The lowest BCUT2D eigenvalue weighted by Gasteiger charge is -2.24. The fourth-order valence-corrected chi connectivity index (χ4v) is 4.13. The standard InChI is InChI=1S/C16H17N3O4S/c1-10(20)11-3-2-4-14(8-11)24(22,23)19-13-5-6-15-12(7-13)9-16(21)18-17-15/h2-4,8-9,13,19H,5-7H2,1H3,(H,18,21). The molecule has 0 bridgehead atoms. The Balaban J connectivity index is 1.82. The fourth-order valence-electron chi connectivity index (χ4n) is 2.81. The third-order valence-corrected chi connectivity index (χ3v) is 5.56. The minimum Gasteiger partial charge on any atom is -0.295 e. The summed E-state index contributed by atoms with van der Waals surface area (Å²) in [7, 11) is -3.74. The van der Waals surface area contributed by atoms with E-state index in [9.17, 15) is 18.0 Å². The number of sulfonamides is 1. The van der Waals surface area contributed by atoms with Gasteiger partial charge in [0, 0.05) is 17.7 Å². The van der Waals surface area contributed by atoms with Crippen LogP contribution in [0.1, 0.15) is 35.0 Å². The third-order valence-electron chi connectivity index (χ3n) is 4.05. The van der Waals surface area contributed by atoms with Crippen molar-refractivity contribution in [3.63, 3.8) is 0 Å². The number of aromatic nitrogens is 2. The summed E-state index contributed by atoms with van der Waals surface area (Å²) in [5.41, 5.74) is 1.60. The Kier molecular flexibility index (Phi) is 4.33. The molecule has 0 aliphatic heterocycles. The number of aryl methyl sites for hydroxylation is 1. The Morgan fingerprint density at radius 3 is 2.88 bits per heavy atom. The van der Waals surface area contributed by atoms with Gasteiger partial charge in [0.25, 0.3) is 5.56 Å². The van der Waals surface area contributed by atoms with Gasteiger partial charge in [-0.25, -0.2) is 18.2 Å². The van der Waals surface area contributed by atoms with Gasteiger partial charge in [-0.1, -0.05) is 12.1 Å². The second-order valence-corrected chi connectivity index (χ2v) is 7.56. The van der Waals surface area contributed by atoms with Crippen molar-refractivity contribution < 1.29 is 13.2 Å². The molecular formula is C16H17N3O4S. The summed E-state index contributed by atoms with van der Waals surface area (Å²) in [6.07, 6.45) is 1.60. The maximum atomic E-state index is 12.5. The van der Waals surface area contributed by atoms with Crippen LogP contribution in [0.2, 0.25) is 0 Å². The predicted molar refractivity (Wildman–Crippen MR) is 87.4 cm³/mol. The lowest BCUT2D eigenvalue weighted by molar-refractivity contribution is 0.101. The number of fused-ring (bicyclic) bond motifs is 1. The number of H-pyrrole nitrogens is 1. The number of Topliss-reactive ketones (excluding diaryl/α,β-unsaturated/α-hetero) is 1. The van der Waals surface area contributed by atoms with Crippen molar-refractivity contribution in [2.45, 2.75) is 37.1 Å². The van der Waals surface area contributed by atoms with Crippen LogP contribution >= 0.6 is 0 Å². The van der Waals surface area contributed by atoms with Crippen LogP contribution in [-0.2, 0) is 22.9 Å². The molecule has 24 heavy (non-hydrogen) atoms. The molecule has 0 fully saturated rings. The number of carbonyl (C=O) groups excluding carboxylic acids is 1. The van der Waals surface area contributed by atoms with Crippen LogP contribution in [0.3, 0.4) is 0 Å². The molecule has 0 saturated heterocycles. The monoisotopic (exact) mass is 347 g/mol. The minimum atomic E-state index is -3.74. The summed E-state index contributed by atoms with van der Waals surface area (Å²) in [6, 6.07) is 7.10. The largest absolute Gasteiger partial charge is 0.295 e. The van der Waals surface area contributed by atoms with E-state index in [1.165, 1.54) is 25.1 Å². The van der Waals surface area contributed by atoms with Gasteiger partial charge in [0.15, 0.2) is 5.78 Å². The molecule has 126 valence electrons. The molecule has 1 unspecified atom stereocenters. The first-order chi connectivity index (χ1) is 11.3. The van der Waals surface area contributed by atoms with Gasteiger partial charge in [-0.15, -0.1) is 0 Å². The Hall–Kier alpha value is -2.32. The van der Waals surface area contributed by atoms with Crippen LogP contribution in [-0.4, -0.2) is 30.4 Å². The zero-order chi connectivity index (χ0) is 17.3. The molecule has 2 N–H and O–H groups in total. The number of hydrogen-bond acceptors (Lipinski definition) is 5. The molecule has 1 aromatic heterocycles. The molecule has 0 spiro atoms. The summed E-state index contributed by atoms with van der Waals surface area (Å²) < 4.78 is 27.8. The number of nitrogens with one attached hydrogen (secondary N) is 2. The number of benzene rings is 1. The summed E-state index contributed by atoms with van der Waals surface area (Å²) in [6.45, 7) is 1.39. The molecule has 3 rings (SSSR count). The van der Waals surface area contributed by atoms with E-state index in [-0.39, 0.29) is 22.3 Å². The fraction of sp³-hybridized carbons (Fsp3) is 0.312. The summed E-state index contributed by atoms with van der Waals surface area (Å²) >= 11 is 0. The first kappa shape index (κ1) is 16.5. The Bertz CT molecular complexity index is 950. The van der Waals surface area contributed by atoms with Crippen LogP contribution in [0.25, 0.3) is 0 Å². The maximum Gasteiger partial charge on any atom is 0.264 e. The van der Waals surface area contributed by atoms with Gasteiger partial charge in [-0.3, -0.25) is 9.59 Å². The highest BCUT2D eigenvalue weighted by Gasteiger charge is 2.25. The molecule has 1 aliphatic carbocycles. The smallest absolute Gasteiger partial charge is 0.264 e. The SMILES string of the molecule is CC(=O)c1cccc(S(=O)(=O)NC2CCc3n[nH]c(=O)cc3C2)c1. The third kappa shape index (κ3) is 3.44. The Morgan fingerprint density at radius 1 is 1.33 bits per heavy atom. The summed E-state index contributed by atoms with van der Waals surface area (Å²) in [4.78, 5) is 22.9. The van der Waals surface area contributed by atoms with Crippen molar-refractivity contribution in [2.24, 2.45) is 0 Å². The lowest BCUT2D eigenvalue weighted by Crippen LogP contribution is -2.39. The molecule has 0 amide bonds. The molecule has 2 aromatic rings. The number of rotatable bonds is 4. The van der Waals surface area contributed by atoms with Gasteiger partial charge < -0.3 is 0 Å². The number of carbonyl (C=O) groups is 1.